The summed E-state index contributed by atoms with van der Waals surface area (Å²) in [5.41, 5.74) is 5.69. The number of nitrogens with zero attached hydrogens (tertiary/aromatic N) is 1. The Hall–Kier alpha value is -2.51. The molecule has 0 atom stereocenters. The summed E-state index contributed by atoms with van der Waals surface area (Å²) in [6.07, 6.45) is 1.30. The maximum absolute atomic E-state index is 10.9. The van der Waals surface area contributed by atoms with E-state index in [9.17, 15) is 4.79 Å². The first-order valence-electron chi connectivity index (χ1n) is 5.37. The summed E-state index contributed by atoms with van der Waals surface area (Å²) in [7, 11) is 0. The van der Waals surface area contributed by atoms with Gasteiger partial charge in [-0.1, -0.05) is 23.7 Å². The molecule has 1 amide bonds. The highest BCUT2D eigenvalue weighted by atomic mass is 35.5. The fraction of sp³-hybridized carbons (Fsp3) is 0. The number of halogens is 1. The van der Waals surface area contributed by atoms with E-state index in [-0.39, 0.29) is 5.57 Å². The summed E-state index contributed by atoms with van der Waals surface area (Å²) in [5.74, 6) is 0.184. The lowest BCUT2D eigenvalue weighted by Crippen LogP contribution is -2.12. The fourth-order valence-corrected chi connectivity index (χ4v) is 1.72. The van der Waals surface area contributed by atoms with Crippen LogP contribution in [0.4, 0.5) is 0 Å². The molecule has 4 nitrogen and oxygen atoms in total. The Balaban J connectivity index is 2.35. The number of furan rings is 1. The molecule has 0 aliphatic carbocycles. The van der Waals surface area contributed by atoms with Crippen LogP contribution in [0.15, 0.2) is 46.4 Å². The molecule has 2 N–H and O–H groups in total. The first kappa shape index (κ1) is 12.9. The van der Waals surface area contributed by atoms with E-state index < -0.39 is 5.91 Å². The monoisotopic (exact) mass is 272 g/mol. The summed E-state index contributed by atoms with van der Waals surface area (Å²) in [5, 5.41) is 9.34. The van der Waals surface area contributed by atoms with Crippen molar-refractivity contribution in [2.24, 2.45) is 5.73 Å². The van der Waals surface area contributed by atoms with E-state index in [1.54, 1.807) is 36.4 Å². The molecule has 2 aromatic rings. The van der Waals surface area contributed by atoms with Gasteiger partial charge in [0, 0.05) is 16.7 Å². The van der Waals surface area contributed by atoms with Crippen LogP contribution in [0.5, 0.6) is 0 Å². The lowest BCUT2D eigenvalue weighted by atomic mass is 10.2. The van der Waals surface area contributed by atoms with Crippen molar-refractivity contribution in [1.29, 1.82) is 5.26 Å². The van der Waals surface area contributed by atoms with E-state index in [0.717, 1.165) is 5.56 Å². The van der Waals surface area contributed by atoms with Gasteiger partial charge in [-0.3, -0.25) is 4.79 Å². The number of carbonyl (C=O) groups is 1. The minimum Gasteiger partial charge on any atom is -0.457 e. The van der Waals surface area contributed by atoms with Gasteiger partial charge in [-0.15, -0.1) is 0 Å². The van der Waals surface area contributed by atoms with E-state index in [1.165, 1.54) is 6.08 Å². The van der Waals surface area contributed by atoms with Gasteiger partial charge in [-0.25, -0.2) is 0 Å². The van der Waals surface area contributed by atoms with Crippen molar-refractivity contribution in [3.8, 4) is 17.4 Å². The largest absolute Gasteiger partial charge is 0.457 e. The van der Waals surface area contributed by atoms with Gasteiger partial charge in [-0.2, -0.15) is 5.26 Å². The molecule has 0 radical (unpaired) electrons. The number of hydrogen-bond acceptors (Lipinski definition) is 3. The molecule has 0 unspecified atom stereocenters. The fourth-order valence-electron chi connectivity index (χ4n) is 1.53. The molecule has 0 spiro atoms. The van der Waals surface area contributed by atoms with Crippen LogP contribution in [-0.4, -0.2) is 5.91 Å². The van der Waals surface area contributed by atoms with Gasteiger partial charge < -0.3 is 10.2 Å². The number of nitrogens with two attached hydrogens (primary N) is 1. The zero-order valence-electron chi connectivity index (χ0n) is 9.76. The summed E-state index contributed by atoms with van der Waals surface area (Å²) >= 11 is 5.89. The van der Waals surface area contributed by atoms with Crippen LogP contribution in [-0.2, 0) is 4.79 Å². The first-order valence-corrected chi connectivity index (χ1v) is 5.75. The minimum absolute atomic E-state index is 0.160. The standard InChI is InChI=1S/C14H9ClN2O2/c15-11-3-1-2-9(6-11)13-5-4-12(19-13)7-10(8-16)14(17)18/h1-7H,(H2,17,18)/b10-7+. The van der Waals surface area contributed by atoms with Crippen molar-refractivity contribution < 1.29 is 9.21 Å². The number of nitriles is 1. The Morgan fingerprint density at radius 2 is 2.16 bits per heavy atom. The molecule has 1 heterocycles. The van der Waals surface area contributed by atoms with Crippen molar-refractivity contribution >= 4 is 23.6 Å². The number of rotatable bonds is 3. The number of hydrogen-bond donors (Lipinski definition) is 1. The highest BCUT2D eigenvalue weighted by molar-refractivity contribution is 6.30. The third-order valence-corrected chi connectivity index (χ3v) is 2.64. The van der Waals surface area contributed by atoms with Crippen molar-refractivity contribution in [2.75, 3.05) is 0 Å². The topological polar surface area (TPSA) is 80.0 Å². The average molecular weight is 273 g/mol. The molecule has 5 heteroatoms. The van der Waals surface area contributed by atoms with Crippen LogP contribution >= 0.6 is 11.6 Å². The lowest BCUT2D eigenvalue weighted by Gasteiger charge is -1.97. The Labute approximate surface area is 114 Å². The van der Waals surface area contributed by atoms with E-state index in [1.807, 2.05) is 6.07 Å². The molecule has 1 aromatic carbocycles. The highest BCUT2D eigenvalue weighted by Crippen LogP contribution is 2.25. The second-order valence-electron chi connectivity index (χ2n) is 3.75. The molecule has 0 bridgehead atoms. The summed E-state index contributed by atoms with van der Waals surface area (Å²) < 4.78 is 5.51. The van der Waals surface area contributed by atoms with Gasteiger partial charge in [0.1, 0.15) is 23.2 Å². The van der Waals surface area contributed by atoms with Crippen LogP contribution in [0.1, 0.15) is 5.76 Å². The second-order valence-corrected chi connectivity index (χ2v) is 4.18. The predicted molar refractivity (Wildman–Crippen MR) is 71.9 cm³/mol. The van der Waals surface area contributed by atoms with Gasteiger partial charge >= 0.3 is 0 Å². The first-order chi connectivity index (χ1) is 9.10. The highest BCUT2D eigenvalue weighted by Gasteiger charge is 2.07. The van der Waals surface area contributed by atoms with E-state index in [4.69, 9.17) is 27.0 Å². The van der Waals surface area contributed by atoms with E-state index in [2.05, 4.69) is 0 Å². The molecule has 94 valence electrons. The molecule has 0 saturated carbocycles. The maximum atomic E-state index is 10.9. The summed E-state index contributed by atoms with van der Waals surface area (Å²) in [4.78, 5) is 10.9. The quantitative estimate of drug-likeness (QED) is 0.689. The van der Waals surface area contributed by atoms with Crippen LogP contribution in [0.2, 0.25) is 5.02 Å². The van der Waals surface area contributed by atoms with Gasteiger partial charge in [-0.05, 0) is 24.3 Å². The molecule has 19 heavy (non-hydrogen) atoms. The zero-order chi connectivity index (χ0) is 13.8. The Bertz CT molecular complexity index is 695. The Morgan fingerprint density at radius 3 is 2.79 bits per heavy atom. The molecule has 0 aliphatic rings. The van der Waals surface area contributed by atoms with Crippen LogP contribution < -0.4 is 5.73 Å². The van der Waals surface area contributed by atoms with Crippen molar-refractivity contribution in [3.63, 3.8) is 0 Å². The third kappa shape index (κ3) is 3.03. The SMILES string of the molecule is N#C/C(=C\c1ccc(-c2cccc(Cl)c2)o1)C(N)=O. The third-order valence-electron chi connectivity index (χ3n) is 2.41. The molecule has 2 rings (SSSR count). The number of primary amides is 1. The smallest absolute Gasteiger partial charge is 0.259 e. The van der Waals surface area contributed by atoms with E-state index in [0.29, 0.717) is 16.5 Å². The predicted octanol–water partition coefficient (Wildman–Crippen LogP) is 2.99. The minimum atomic E-state index is -0.789. The van der Waals surface area contributed by atoms with Crippen molar-refractivity contribution in [1.82, 2.24) is 0 Å². The Morgan fingerprint density at radius 1 is 1.37 bits per heavy atom. The average Bonchev–Trinajstić information content (AvgIpc) is 2.84. The number of amides is 1. The van der Waals surface area contributed by atoms with Crippen LogP contribution in [0.25, 0.3) is 17.4 Å². The molecule has 0 saturated heterocycles. The van der Waals surface area contributed by atoms with Gasteiger partial charge in [0.2, 0.25) is 0 Å². The maximum Gasteiger partial charge on any atom is 0.259 e. The summed E-state index contributed by atoms with van der Waals surface area (Å²) in [6.45, 7) is 0. The Kier molecular flexibility index (Phi) is 3.69. The second kappa shape index (κ2) is 5.42. The summed E-state index contributed by atoms with van der Waals surface area (Å²) in [6, 6.07) is 12.3. The normalized spacial score (nSPS) is 11.1. The molecule has 1 aromatic heterocycles. The van der Waals surface area contributed by atoms with Crippen LogP contribution in [0, 0.1) is 11.3 Å². The van der Waals surface area contributed by atoms with Gasteiger partial charge in [0.25, 0.3) is 5.91 Å². The number of carbonyl (C=O) groups excluding carboxylic acids is 1. The van der Waals surface area contributed by atoms with Crippen molar-refractivity contribution in [3.05, 3.63) is 52.8 Å². The molecular formula is C14H9ClN2O2. The van der Waals surface area contributed by atoms with Gasteiger partial charge in [0.15, 0.2) is 0 Å². The molecule has 0 aliphatic heterocycles. The number of benzene rings is 1. The van der Waals surface area contributed by atoms with Crippen molar-refractivity contribution in [2.45, 2.75) is 0 Å². The molecular weight excluding hydrogens is 264 g/mol. The van der Waals surface area contributed by atoms with Gasteiger partial charge in [0.05, 0.1) is 0 Å². The van der Waals surface area contributed by atoms with E-state index >= 15 is 0 Å². The lowest BCUT2D eigenvalue weighted by molar-refractivity contribution is -0.114. The zero-order valence-corrected chi connectivity index (χ0v) is 10.5. The molecule has 0 fully saturated rings. The van der Waals surface area contributed by atoms with Crippen LogP contribution in [0.3, 0.4) is 0 Å².